The summed E-state index contributed by atoms with van der Waals surface area (Å²) < 4.78 is 5.01. The summed E-state index contributed by atoms with van der Waals surface area (Å²) in [6.07, 6.45) is 1.46. The Bertz CT molecular complexity index is 558. The molecule has 1 aromatic carbocycles. The minimum absolute atomic E-state index is 0.406. The molecule has 1 heterocycles. The van der Waals surface area contributed by atoms with E-state index in [1.165, 1.54) is 11.1 Å². The van der Waals surface area contributed by atoms with Crippen molar-refractivity contribution in [1.82, 2.24) is 5.16 Å². The van der Waals surface area contributed by atoms with E-state index >= 15 is 0 Å². The first-order valence-corrected chi connectivity index (χ1v) is 6.16. The molecule has 0 aliphatic rings. The predicted molar refractivity (Wildman–Crippen MR) is 70.0 cm³/mol. The lowest BCUT2D eigenvalue weighted by molar-refractivity contribution is 0.107. The fourth-order valence-electron chi connectivity index (χ4n) is 1.86. The van der Waals surface area contributed by atoms with Crippen molar-refractivity contribution in [1.29, 1.82) is 0 Å². The molecule has 18 heavy (non-hydrogen) atoms. The zero-order valence-electron chi connectivity index (χ0n) is 10.4. The quantitative estimate of drug-likeness (QED) is 0.794. The molecule has 0 fully saturated rings. The number of carbonyl (C=O) groups is 1. The van der Waals surface area contributed by atoms with Crippen molar-refractivity contribution in [2.24, 2.45) is 0 Å². The maximum Gasteiger partial charge on any atom is 0.257 e. The summed E-state index contributed by atoms with van der Waals surface area (Å²) in [5, 5.41) is 3.38. The van der Waals surface area contributed by atoms with Gasteiger partial charge in [-0.3, -0.25) is 4.79 Å². The van der Waals surface area contributed by atoms with E-state index in [-0.39, 0.29) is 0 Å². The largest absolute Gasteiger partial charge is 0.361 e. The van der Waals surface area contributed by atoms with Gasteiger partial charge in [0.15, 0.2) is 0 Å². The first kappa shape index (κ1) is 12.8. The lowest BCUT2D eigenvalue weighted by Gasteiger charge is -2.01. The predicted octanol–water partition coefficient (Wildman–Crippen LogP) is 3.46. The van der Waals surface area contributed by atoms with Gasteiger partial charge < -0.3 is 4.52 Å². The summed E-state index contributed by atoms with van der Waals surface area (Å²) in [6, 6.07) is 8.28. The van der Waals surface area contributed by atoms with Crippen molar-refractivity contribution in [2.45, 2.75) is 26.7 Å². The van der Waals surface area contributed by atoms with Crippen molar-refractivity contribution >= 4 is 16.8 Å². The summed E-state index contributed by atoms with van der Waals surface area (Å²) >= 11 is 5.52. The van der Waals surface area contributed by atoms with Crippen LogP contribution in [0.15, 0.2) is 28.8 Å². The van der Waals surface area contributed by atoms with Crippen LogP contribution in [0.25, 0.3) is 0 Å². The molecule has 0 bridgehead atoms. The second kappa shape index (κ2) is 5.36. The van der Waals surface area contributed by atoms with Crippen molar-refractivity contribution in [3.8, 4) is 0 Å². The zero-order chi connectivity index (χ0) is 13.1. The maximum atomic E-state index is 11.3. The number of nitrogens with zero attached hydrogens (tertiary/aromatic N) is 1. The van der Waals surface area contributed by atoms with Crippen LogP contribution in [0.1, 0.15) is 32.9 Å². The third kappa shape index (κ3) is 2.79. The molecule has 0 aliphatic carbocycles. The van der Waals surface area contributed by atoms with Crippen LogP contribution in [0.3, 0.4) is 0 Å². The molecule has 3 nitrogen and oxygen atoms in total. The second-order valence-electron chi connectivity index (χ2n) is 4.32. The first-order valence-electron chi connectivity index (χ1n) is 5.78. The number of aromatic nitrogens is 1. The van der Waals surface area contributed by atoms with Crippen LogP contribution in [-0.4, -0.2) is 10.4 Å². The number of carbonyl (C=O) groups excluding carboxylic acids is 1. The van der Waals surface area contributed by atoms with Crippen LogP contribution in [0.5, 0.6) is 0 Å². The Kier molecular flexibility index (Phi) is 3.82. The number of aryl methyl sites for hydroxylation is 4. The molecular formula is C14H14ClNO2. The summed E-state index contributed by atoms with van der Waals surface area (Å²) in [7, 11) is 0. The minimum atomic E-state index is -0.507. The molecule has 0 unspecified atom stereocenters. The Morgan fingerprint density at radius 3 is 2.50 bits per heavy atom. The molecule has 94 valence electrons. The molecular weight excluding hydrogens is 250 g/mol. The molecule has 0 radical (unpaired) electrons. The Morgan fingerprint density at radius 1 is 1.22 bits per heavy atom. The smallest absolute Gasteiger partial charge is 0.257 e. The van der Waals surface area contributed by atoms with E-state index in [9.17, 15) is 4.79 Å². The highest BCUT2D eigenvalue weighted by atomic mass is 35.5. The van der Waals surface area contributed by atoms with E-state index in [2.05, 4.69) is 36.3 Å². The lowest BCUT2D eigenvalue weighted by Crippen LogP contribution is -1.99. The van der Waals surface area contributed by atoms with E-state index in [4.69, 9.17) is 16.1 Å². The Balaban J connectivity index is 2.11. The van der Waals surface area contributed by atoms with Crippen LogP contribution in [0, 0.1) is 13.8 Å². The van der Waals surface area contributed by atoms with Crippen molar-refractivity contribution in [3.05, 3.63) is 52.4 Å². The monoisotopic (exact) mass is 263 g/mol. The average molecular weight is 264 g/mol. The molecule has 0 spiro atoms. The molecule has 0 atom stereocenters. The third-order valence-electron chi connectivity index (χ3n) is 2.90. The zero-order valence-corrected chi connectivity index (χ0v) is 11.1. The van der Waals surface area contributed by atoms with Crippen LogP contribution >= 0.6 is 11.6 Å². The topological polar surface area (TPSA) is 43.1 Å². The fourth-order valence-corrected chi connectivity index (χ4v) is 2.10. The van der Waals surface area contributed by atoms with Crippen LogP contribution in [0.2, 0.25) is 0 Å². The van der Waals surface area contributed by atoms with Gasteiger partial charge in [-0.25, -0.2) is 0 Å². The molecule has 4 heteroatoms. The SMILES string of the molecule is Cc1ccc(CCc2noc(C)c2C(=O)Cl)cc1. The molecule has 0 amide bonds. The van der Waals surface area contributed by atoms with Gasteiger partial charge in [0, 0.05) is 0 Å². The van der Waals surface area contributed by atoms with E-state index < -0.39 is 5.24 Å². The Labute approximate surface area is 111 Å². The van der Waals surface area contributed by atoms with E-state index in [0.717, 1.165) is 6.42 Å². The highest BCUT2D eigenvalue weighted by Gasteiger charge is 2.18. The number of benzene rings is 1. The maximum absolute atomic E-state index is 11.3. The lowest BCUT2D eigenvalue weighted by atomic mass is 10.0. The van der Waals surface area contributed by atoms with Crippen LogP contribution in [-0.2, 0) is 12.8 Å². The van der Waals surface area contributed by atoms with Gasteiger partial charge in [0.1, 0.15) is 5.76 Å². The van der Waals surface area contributed by atoms with Crippen molar-refractivity contribution in [2.75, 3.05) is 0 Å². The van der Waals surface area contributed by atoms with Crippen molar-refractivity contribution < 1.29 is 9.32 Å². The summed E-state index contributed by atoms with van der Waals surface area (Å²) in [5.41, 5.74) is 3.47. The van der Waals surface area contributed by atoms with Gasteiger partial charge in [0.05, 0.1) is 11.3 Å². The van der Waals surface area contributed by atoms with Gasteiger partial charge in [-0.15, -0.1) is 0 Å². The second-order valence-corrected chi connectivity index (χ2v) is 4.66. The summed E-state index contributed by atoms with van der Waals surface area (Å²) in [4.78, 5) is 11.3. The van der Waals surface area contributed by atoms with E-state index in [1.54, 1.807) is 6.92 Å². The number of hydrogen-bond donors (Lipinski definition) is 0. The van der Waals surface area contributed by atoms with Gasteiger partial charge in [-0.05, 0) is 43.9 Å². The molecule has 2 rings (SSSR count). The Hall–Kier alpha value is -1.61. The number of hydrogen-bond acceptors (Lipinski definition) is 3. The molecule has 0 saturated carbocycles. The summed E-state index contributed by atoms with van der Waals surface area (Å²) in [5.74, 6) is 0.480. The van der Waals surface area contributed by atoms with Gasteiger partial charge in [-0.1, -0.05) is 35.0 Å². The number of halogens is 1. The average Bonchev–Trinajstić information content (AvgIpc) is 2.70. The molecule has 0 N–H and O–H groups in total. The van der Waals surface area contributed by atoms with Gasteiger partial charge in [0.25, 0.3) is 5.24 Å². The normalized spacial score (nSPS) is 10.6. The van der Waals surface area contributed by atoms with Gasteiger partial charge in [-0.2, -0.15) is 0 Å². The van der Waals surface area contributed by atoms with Crippen LogP contribution < -0.4 is 0 Å². The van der Waals surface area contributed by atoms with Crippen molar-refractivity contribution in [3.63, 3.8) is 0 Å². The van der Waals surface area contributed by atoms with Gasteiger partial charge >= 0.3 is 0 Å². The highest BCUT2D eigenvalue weighted by Crippen LogP contribution is 2.18. The van der Waals surface area contributed by atoms with E-state index in [0.29, 0.717) is 23.4 Å². The standard InChI is InChI=1S/C14H14ClNO2/c1-9-3-5-11(6-4-9)7-8-12-13(14(15)17)10(2)18-16-12/h3-6H,7-8H2,1-2H3. The minimum Gasteiger partial charge on any atom is -0.361 e. The number of rotatable bonds is 4. The highest BCUT2D eigenvalue weighted by molar-refractivity contribution is 6.68. The van der Waals surface area contributed by atoms with E-state index in [1.807, 2.05) is 0 Å². The first-order chi connectivity index (χ1) is 8.58. The fraction of sp³-hybridized carbons (Fsp3) is 0.286. The third-order valence-corrected chi connectivity index (χ3v) is 3.09. The van der Waals surface area contributed by atoms with Gasteiger partial charge in [0.2, 0.25) is 0 Å². The van der Waals surface area contributed by atoms with Crippen LogP contribution in [0.4, 0.5) is 0 Å². The molecule has 0 saturated heterocycles. The summed E-state index contributed by atoms with van der Waals surface area (Å²) in [6.45, 7) is 3.74. The molecule has 2 aromatic rings. The molecule has 0 aliphatic heterocycles. The Morgan fingerprint density at radius 2 is 1.89 bits per heavy atom. The molecule has 1 aromatic heterocycles.